The van der Waals surface area contributed by atoms with E-state index in [0.717, 1.165) is 6.42 Å². The highest BCUT2D eigenvalue weighted by Crippen LogP contribution is 2.41. The molecule has 0 saturated heterocycles. The molecule has 0 aromatic heterocycles. The van der Waals surface area contributed by atoms with Crippen molar-refractivity contribution in [1.82, 2.24) is 10.6 Å². The summed E-state index contributed by atoms with van der Waals surface area (Å²) in [5.74, 6) is -3.01. The smallest absolute Gasteiger partial charge is 0.392 e. The van der Waals surface area contributed by atoms with Crippen LogP contribution in [0.1, 0.15) is 32.1 Å². The molecule has 0 aromatic rings. The second-order valence-electron chi connectivity index (χ2n) is 4.97. The zero-order valence-electron chi connectivity index (χ0n) is 11.0. The SMILES string of the molecule is O=C(O)CCNC(=O)NCC1CCCCC1C(F)(F)F. The van der Waals surface area contributed by atoms with E-state index in [0.29, 0.717) is 12.8 Å². The number of amides is 2. The normalized spacial score (nSPS) is 23.1. The summed E-state index contributed by atoms with van der Waals surface area (Å²) in [6, 6.07) is -0.627. The van der Waals surface area contributed by atoms with Crippen molar-refractivity contribution in [2.24, 2.45) is 11.8 Å². The van der Waals surface area contributed by atoms with E-state index in [1.165, 1.54) is 0 Å². The Morgan fingerprint density at radius 3 is 2.40 bits per heavy atom. The number of hydrogen-bond donors (Lipinski definition) is 3. The van der Waals surface area contributed by atoms with Gasteiger partial charge in [-0.2, -0.15) is 13.2 Å². The maximum absolute atomic E-state index is 12.8. The Balaban J connectivity index is 2.34. The summed E-state index contributed by atoms with van der Waals surface area (Å²) in [6.07, 6.45) is -2.60. The summed E-state index contributed by atoms with van der Waals surface area (Å²) in [5, 5.41) is 13.1. The number of carboxylic acids is 1. The Labute approximate surface area is 114 Å². The van der Waals surface area contributed by atoms with Gasteiger partial charge in [0.2, 0.25) is 0 Å². The highest BCUT2D eigenvalue weighted by molar-refractivity contribution is 5.74. The van der Waals surface area contributed by atoms with Crippen LogP contribution in [0, 0.1) is 11.8 Å². The van der Waals surface area contributed by atoms with Gasteiger partial charge in [0, 0.05) is 13.1 Å². The first-order chi connectivity index (χ1) is 9.30. The van der Waals surface area contributed by atoms with Crippen LogP contribution < -0.4 is 10.6 Å². The van der Waals surface area contributed by atoms with E-state index in [9.17, 15) is 22.8 Å². The molecule has 0 radical (unpaired) electrons. The largest absolute Gasteiger partial charge is 0.481 e. The fourth-order valence-electron chi connectivity index (χ4n) is 2.45. The summed E-state index contributed by atoms with van der Waals surface area (Å²) in [7, 11) is 0. The number of rotatable bonds is 5. The molecule has 20 heavy (non-hydrogen) atoms. The molecule has 2 atom stereocenters. The Hall–Kier alpha value is -1.47. The molecule has 2 amide bonds. The lowest BCUT2D eigenvalue weighted by Crippen LogP contribution is -2.43. The minimum atomic E-state index is -4.23. The number of alkyl halides is 3. The summed E-state index contributed by atoms with van der Waals surface area (Å²) in [4.78, 5) is 21.6. The Bertz CT molecular complexity index is 347. The van der Waals surface area contributed by atoms with Crippen molar-refractivity contribution < 1.29 is 27.9 Å². The molecule has 1 aliphatic carbocycles. The lowest BCUT2D eigenvalue weighted by atomic mass is 9.79. The number of aliphatic carboxylic acids is 1. The summed E-state index contributed by atoms with van der Waals surface area (Å²) in [5.41, 5.74) is 0. The quantitative estimate of drug-likeness (QED) is 0.727. The van der Waals surface area contributed by atoms with E-state index in [1.54, 1.807) is 0 Å². The third-order valence-electron chi connectivity index (χ3n) is 3.48. The molecule has 8 heteroatoms. The van der Waals surface area contributed by atoms with E-state index in [2.05, 4.69) is 10.6 Å². The van der Waals surface area contributed by atoms with Gasteiger partial charge in [-0.25, -0.2) is 4.79 Å². The van der Waals surface area contributed by atoms with E-state index in [1.807, 2.05) is 0 Å². The number of nitrogens with one attached hydrogen (secondary N) is 2. The number of carbonyl (C=O) groups excluding carboxylic acids is 1. The van der Waals surface area contributed by atoms with Gasteiger partial charge < -0.3 is 15.7 Å². The Morgan fingerprint density at radius 2 is 1.80 bits per heavy atom. The molecule has 0 aliphatic heterocycles. The zero-order valence-corrected chi connectivity index (χ0v) is 11.0. The summed E-state index contributed by atoms with van der Waals surface area (Å²) in [6.45, 7) is -0.0857. The van der Waals surface area contributed by atoms with Crippen LogP contribution >= 0.6 is 0 Å². The molecule has 1 rings (SSSR count). The van der Waals surface area contributed by atoms with E-state index in [4.69, 9.17) is 5.11 Å². The summed E-state index contributed by atoms with van der Waals surface area (Å²) >= 11 is 0. The summed E-state index contributed by atoms with van der Waals surface area (Å²) < 4.78 is 38.4. The van der Waals surface area contributed by atoms with Crippen LogP contribution in [-0.4, -0.2) is 36.4 Å². The second-order valence-corrected chi connectivity index (χ2v) is 4.97. The van der Waals surface area contributed by atoms with Crippen molar-refractivity contribution in [2.75, 3.05) is 13.1 Å². The average molecular weight is 296 g/mol. The van der Waals surface area contributed by atoms with Crippen LogP contribution in [0.5, 0.6) is 0 Å². The Morgan fingerprint density at radius 1 is 1.15 bits per heavy atom. The molecule has 0 aromatic carbocycles. The lowest BCUT2D eigenvalue weighted by Gasteiger charge is -2.33. The molecule has 116 valence electrons. The fraction of sp³-hybridized carbons (Fsp3) is 0.833. The van der Waals surface area contributed by atoms with Gasteiger partial charge in [0.25, 0.3) is 0 Å². The Kier molecular flexibility index (Phi) is 6.09. The predicted octanol–water partition coefficient (Wildman–Crippen LogP) is 2.13. The van der Waals surface area contributed by atoms with Crippen LogP contribution in [-0.2, 0) is 4.79 Å². The highest BCUT2D eigenvalue weighted by atomic mass is 19.4. The first-order valence-electron chi connectivity index (χ1n) is 6.61. The van der Waals surface area contributed by atoms with Crippen LogP contribution in [0.15, 0.2) is 0 Å². The predicted molar refractivity (Wildman–Crippen MR) is 65.2 cm³/mol. The fourth-order valence-corrected chi connectivity index (χ4v) is 2.45. The van der Waals surface area contributed by atoms with Crippen molar-refractivity contribution in [2.45, 2.75) is 38.3 Å². The van der Waals surface area contributed by atoms with Gasteiger partial charge in [-0.15, -0.1) is 0 Å². The molecule has 1 aliphatic rings. The minimum Gasteiger partial charge on any atom is -0.481 e. The molecule has 2 unspecified atom stereocenters. The van der Waals surface area contributed by atoms with Crippen LogP contribution in [0.2, 0.25) is 0 Å². The zero-order chi connectivity index (χ0) is 15.2. The van der Waals surface area contributed by atoms with Crippen molar-refractivity contribution in [3.63, 3.8) is 0 Å². The van der Waals surface area contributed by atoms with Gasteiger partial charge >= 0.3 is 18.2 Å². The first kappa shape index (κ1) is 16.6. The van der Waals surface area contributed by atoms with Crippen molar-refractivity contribution in [3.05, 3.63) is 0 Å². The van der Waals surface area contributed by atoms with Gasteiger partial charge in [-0.3, -0.25) is 4.79 Å². The molecule has 0 bridgehead atoms. The van der Waals surface area contributed by atoms with Gasteiger partial charge in [-0.1, -0.05) is 12.8 Å². The molecule has 1 fully saturated rings. The number of urea groups is 1. The molecule has 5 nitrogen and oxygen atoms in total. The maximum atomic E-state index is 12.8. The molecule has 0 heterocycles. The second kappa shape index (κ2) is 7.35. The molecular weight excluding hydrogens is 277 g/mol. The third kappa shape index (κ3) is 5.66. The average Bonchev–Trinajstić information content (AvgIpc) is 2.35. The number of hydrogen-bond acceptors (Lipinski definition) is 2. The minimum absolute atomic E-state index is 0.0386. The number of carboxylic acid groups (broad SMARTS) is 1. The van der Waals surface area contributed by atoms with Crippen LogP contribution in [0.4, 0.5) is 18.0 Å². The van der Waals surface area contributed by atoms with E-state index >= 15 is 0 Å². The maximum Gasteiger partial charge on any atom is 0.392 e. The number of carbonyl (C=O) groups is 2. The van der Waals surface area contributed by atoms with Crippen LogP contribution in [0.3, 0.4) is 0 Å². The molecule has 1 saturated carbocycles. The van der Waals surface area contributed by atoms with Crippen molar-refractivity contribution >= 4 is 12.0 Å². The van der Waals surface area contributed by atoms with Gasteiger partial charge in [0.1, 0.15) is 0 Å². The molecular formula is C12H19F3N2O3. The molecule has 3 N–H and O–H groups in total. The van der Waals surface area contributed by atoms with Gasteiger partial charge in [0.05, 0.1) is 12.3 Å². The highest BCUT2D eigenvalue weighted by Gasteiger charge is 2.45. The third-order valence-corrected chi connectivity index (χ3v) is 3.48. The number of halogens is 3. The lowest BCUT2D eigenvalue weighted by molar-refractivity contribution is -0.195. The standard InChI is InChI=1S/C12H19F3N2O3/c13-12(14,15)9-4-2-1-3-8(9)7-17-11(20)16-6-5-10(18)19/h8-9H,1-7H2,(H,18,19)(H2,16,17,20). The van der Waals surface area contributed by atoms with Crippen LogP contribution in [0.25, 0.3) is 0 Å². The van der Waals surface area contributed by atoms with E-state index in [-0.39, 0.29) is 25.9 Å². The van der Waals surface area contributed by atoms with E-state index < -0.39 is 30.0 Å². The topological polar surface area (TPSA) is 78.4 Å². The molecule has 0 spiro atoms. The van der Waals surface area contributed by atoms with Gasteiger partial charge in [0.15, 0.2) is 0 Å². The van der Waals surface area contributed by atoms with Gasteiger partial charge in [-0.05, 0) is 18.8 Å². The first-order valence-corrected chi connectivity index (χ1v) is 6.61. The van der Waals surface area contributed by atoms with Crippen molar-refractivity contribution in [3.8, 4) is 0 Å². The van der Waals surface area contributed by atoms with Crippen molar-refractivity contribution in [1.29, 1.82) is 0 Å². The monoisotopic (exact) mass is 296 g/mol.